The molecule has 44 heavy (non-hydrogen) atoms. The fraction of sp³-hybridized carbons (Fsp3) is 0.667. The lowest BCUT2D eigenvalue weighted by Crippen LogP contribution is -2.47. The average molecular weight is 624 g/mol. The number of hydrogen-bond donors (Lipinski definition) is 5. The molecule has 2 saturated heterocycles. The Balaban J connectivity index is 0.000000382. The van der Waals surface area contributed by atoms with E-state index in [9.17, 15) is 28.7 Å². The van der Waals surface area contributed by atoms with Crippen LogP contribution in [0.3, 0.4) is 0 Å². The van der Waals surface area contributed by atoms with Crippen molar-refractivity contribution < 1.29 is 53.8 Å². The Bertz CT molecular complexity index is 1130. The van der Waals surface area contributed by atoms with Gasteiger partial charge in [-0.25, -0.2) is 14.0 Å². The molecule has 1 aromatic rings. The molecule has 2 saturated carbocycles. The fourth-order valence-electron chi connectivity index (χ4n) is 6.35. The highest BCUT2D eigenvalue weighted by Crippen LogP contribution is 2.39. The van der Waals surface area contributed by atoms with Crippen molar-refractivity contribution in [2.75, 3.05) is 44.2 Å². The number of imide groups is 1. The maximum atomic E-state index is 13.9. The minimum Gasteiger partial charge on any atom is -0.488 e. The largest absolute Gasteiger partial charge is 0.488 e. The van der Waals surface area contributed by atoms with Crippen LogP contribution in [0.15, 0.2) is 24.3 Å². The molecule has 0 spiro atoms. The van der Waals surface area contributed by atoms with Gasteiger partial charge in [0.2, 0.25) is 11.8 Å². The van der Waals surface area contributed by atoms with E-state index in [1.165, 1.54) is 23.4 Å². The smallest absolute Gasteiger partial charge is 0.335 e. The van der Waals surface area contributed by atoms with Gasteiger partial charge in [-0.2, -0.15) is 0 Å². The second-order valence-corrected chi connectivity index (χ2v) is 11.8. The molecule has 14 heteroatoms. The first-order valence-electron chi connectivity index (χ1n) is 15.2. The van der Waals surface area contributed by atoms with Crippen molar-refractivity contribution in [2.45, 2.75) is 75.5 Å². The third-order valence-corrected chi connectivity index (χ3v) is 8.88. The lowest BCUT2D eigenvalue weighted by atomic mass is 9.78. The summed E-state index contributed by atoms with van der Waals surface area (Å²) >= 11 is 0. The number of aliphatic carboxylic acids is 2. The quantitative estimate of drug-likeness (QED) is 0.227. The number of aliphatic hydroxyl groups is 3. The number of amides is 2. The van der Waals surface area contributed by atoms with E-state index in [0.29, 0.717) is 19.1 Å². The molecule has 0 bridgehead atoms. The molecule has 2 heterocycles. The van der Waals surface area contributed by atoms with E-state index in [0.717, 1.165) is 51.3 Å². The third kappa shape index (κ3) is 8.03. The molecule has 2 aliphatic carbocycles. The maximum absolute atomic E-state index is 13.9. The van der Waals surface area contributed by atoms with Crippen LogP contribution in [0.1, 0.15) is 44.9 Å². The van der Waals surface area contributed by atoms with Crippen molar-refractivity contribution >= 4 is 29.4 Å². The second-order valence-electron chi connectivity index (χ2n) is 11.8. The molecule has 1 aromatic carbocycles. The van der Waals surface area contributed by atoms with Crippen molar-refractivity contribution in [2.24, 2.45) is 11.8 Å². The third-order valence-electron chi connectivity index (χ3n) is 8.88. The van der Waals surface area contributed by atoms with Crippen molar-refractivity contribution in [1.29, 1.82) is 0 Å². The standard InChI is InChI=1S/C26H36FN3O4.C4H6O6/c27-21-16-19-20(17-23(21)31)26(33)30(25(19)32)11-5-10-28-12-14-29(15-13-28)22-8-3-4-9-24(22)34-18-6-1-2-7-18;5-1(3(7)8)2(6)4(9)10/h3-4,8-9,18-21,23,31H,1-2,5-7,10-17H2;1-2,5-6H,(H,7,8)(H,9,10). The number of ether oxygens (including phenoxy) is 1. The van der Waals surface area contributed by atoms with E-state index in [2.05, 4.69) is 28.0 Å². The van der Waals surface area contributed by atoms with E-state index >= 15 is 0 Å². The van der Waals surface area contributed by atoms with E-state index in [1.807, 2.05) is 6.07 Å². The predicted octanol–water partition coefficient (Wildman–Crippen LogP) is 0.492. The number of likely N-dealkylation sites (tertiary alicyclic amines) is 1. The average Bonchev–Trinajstić information content (AvgIpc) is 3.60. The van der Waals surface area contributed by atoms with Crippen LogP contribution in [-0.4, -0.2) is 129 Å². The Morgan fingerprint density at radius 2 is 1.45 bits per heavy atom. The molecule has 244 valence electrons. The molecule has 5 N–H and O–H groups in total. The Morgan fingerprint density at radius 1 is 0.886 bits per heavy atom. The monoisotopic (exact) mass is 623 g/mol. The van der Waals surface area contributed by atoms with E-state index in [4.69, 9.17) is 25.2 Å². The molecule has 2 amide bonds. The summed E-state index contributed by atoms with van der Waals surface area (Å²) in [5.74, 6) is -4.19. The van der Waals surface area contributed by atoms with Crippen molar-refractivity contribution in [3.63, 3.8) is 0 Å². The first-order valence-corrected chi connectivity index (χ1v) is 15.2. The van der Waals surface area contributed by atoms with Crippen LogP contribution < -0.4 is 9.64 Å². The number of anilines is 1. The van der Waals surface area contributed by atoms with Gasteiger partial charge in [0.15, 0.2) is 12.2 Å². The Morgan fingerprint density at radius 3 is 2.05 bits per heavy atom. The molecule has 4 aliphatic rings. The SMILES string of the molecule is O=C(O)C(O)C(O)C(=O)O.O=C1C2CC(O)C(F)CC2C(=O)N1CCCN1CCN(c2ccccc2OC2CCCC2)CC1. The minimum atomic E-state index is -2.27. The number of alkyl halides is 1. The molecule has 13 nitrogen and oxygen atoms in total. The summed E-state index contributed by atoms with van der Waals surface area (Å²) in [6.07, 6.45) is -1.25. The van der Waals surface area contributed by atoms with Gasteiger partial charge < -0.3 is 35.2 Å². The highest BCUT2D eigenvalue weighted by molar-refractivity contribution is 6.05. The second kappa shape index (κ2) is 15.1. The van der Waals surface area contributed by atoms with Gasteiger partial charge in [-0.15, -0.1) is 0 Å². The van der Waals surface area contributed by atoms with E-state index < -0.39 is 48.3 Å². The van der Waals surface area contributed by atoms with Crippen LogP contribution in [-0.2, 0) is 19.2 Å². The van der Waals surface area contributed by atoms with Gasteiger partial charge in [-0.05, 0) is 63.6 Å². The van der Waals surface area contributed by atoms with E-state index in [1.54, 1.807) is 0 Å². The summed E-state index contributed by atoms with van der Waals surface area (Å²) in [7, 11) is 0. The van der Waals surface area contributed by atoms with Crippen LogP contribution in [0.5, 0.6) is 5.75 Å². The summed E-state index contributed by atoms with van der Waals surface area (Å²) in [4.78, 5) is 51.0. The zero-order valence-corrected chi connectivity index (χ0v) is 24.5. The number of carboxylic acids is 2. The summed E-state index contributed by atoms with van der Waals surface area (Å²) in [6.45, 7) is 4.84. The number of nitrogens with zero attached hydrogens (tertiary/aromatic N) is 3. The van der Waals surface area contributed by atoms with Crippen LogP contribution in [0.4, 0.5) is 10.1 Å². The normalized spacial score (nSPS) is 27.4. The van der Waals surface area contributed by atoms with Gasteiger partial charge in [-0.3, -0.25) is 19.4 Å². The number of aliphatic hydroxyl groups excluding tert-OH is 3. The number of halogens is 1. The fourth-order valence-corrected chi connectivity index (χ4v) is 6.35. The van der Waals surface area contributed by atoms with Crippen LogP contribution >= 0.6 is 0 Å². The number of rotatable bonds is 10. The first-order chi connectivity index (χ1) is 21.0. The Kier molecular flexibility index (Phi) is 11.5. The van der Waals surface area contributed by atoms with Gasteiger partial charge in [0.1, 0.15) is 11.9 Å². The van der Waals surface area contributed by atoms with Gasteiger partial charge in [-0.1, -0.05) is 12.1 Å². The first kappa shape index (κ1) is 33.6. The highest BCUT2D eigenvalue weighted by Gasteiger charge is 2.52. The number of benzene rings is 1. The topological polar surface area (TPSA) is 188 Å². The zero-order valence-electron chi connectivity index (χ0n) is 24.5. The van der Waals surface area contributed by atoms with Gasteiger partial charge in [0.25, 0.3) is 0 Å². The summed E-state index contributed by atoms with van der Waals surface area (Å²) in [6, 6.07) is 8.32. The highest BCUT2D eigenvalue weighted by atomic mass is 19.1. The number of piperazine rings is 1. The molecule has 0 radical (unpaired) electrons. The molecular formula is C30H42FN3O10. The lowest BCUT2D eigenvalue weighted by molar-refractivity contribution is -0.165. The number of para-hydroxylation sites is 2. The molecular weight excluding hydrogens is 581 g/mol. The van der Waals surface area contributed by atoms with Crippen molar-refractivity contribution in [1.82, 2.24) is 9.80 Å². The number of carboxylic acid groups (broad SMARTS) is 2. The molecule has 4 fully saturated rings. The zero-order chi connectivity index (χ0) is 32.0. The van der Waals surface area contributed by atoms with Crippen molar-refractivity contribution in [3.05, 3.63) is 24.3 Å². The van der Waals surface area contributed by atoms with Gasteiger partial charge in [0, 0.05) is 32.7 Å². The number of carbonyl (C=O) groups excluding carboxylic acids is 2. The number of hydrogen-bond acceptors (Lipinski definition) is 10. The van der Waals surface area contributed by atoms with E-state index in [-0.39, 0.29) is 24.7 Å². The maximum Gasteiger partial charge on any atom is 0.335 e. The Labute approximate surface area is 254 Å². The molecule has 5 rings (SSSR count). The lowest BCUT2D eigenvalue weighted by Gasteiger charge is -2.37. The molecule has 2 aliphatic heterocycles. The Hall–Kier alpha value is -3.33. The van der Waals surface area contributed by atoms with Gasteiger partial charge in [0.05, 0.1) is 29.7 Å². The summed E-state index contributed by atoms with van der Waals surface area (Å²) < 4.78 is 20.2. The van der Waals surface area contributed by atoms with Crippen molar-refractivity contribution in [3.8, 4) is 5.75 Å². The van der Waals surface area contributed by atoms with Crippen LogP contribution in [0, 0.1) is 11.8 Å². The molecule has 6 atom stereocenters. The molecule has 0 aromatic heterocycles. The van der Waals surface area contributed by atoms with Crippen LogP contribution in [0.25, 0.3) is 0 Å². The predicted molar refractivity (Wildman–Crippen MR) is 154 cm³/mol. The number of fused-ring (bicyclic) bond motifs is 1. The molecule has 6 unspecified atom stereocenters. The summed E-state index contributed by atoms with van der Waals surface area (Å²) in [5.41, 5.74) is 1.17. The van der Waals surface area contributed by atoms with Gasteiger partial charge >= 0.3 is 11.9 Å². The van der Waals surface area contributed by atoms with Crippen LogP contribution in [0.2, 0.25) is 0 Å². The summed E-state index contributed by atoms with van der Waals surface area (Å²) in [5, 5.41) is 42.3. The minimum absolute atomic E-state index is 0.0409. The number of carbonyl (C=O) groups is 4.